The third-order valence-corrected chi connectivity index (χ3v) is 5.93. The molecule has 1 unspecified atom stereocenters. The smallest absolute Gasteiger partial charge is 0.209 e. The van der Waals surface area contributed by atoms with E-state index in [-0.39, 0.29) is 6.17 Å². The van der Waals surface area contributed by atoms with Gasteiger partial charge in [0.25, 0.3) is 0 Å². The van der Waals surface area contributed by atoms with Crippen LogP contribution in [0.25, 0.3) is 0 Å². The number of amides is 1. The highest BCUT2D eigenvalue weighted by molar-refractivity contribution is 8.01. The molecule has 1 saturated heterocycles. The van der Waals surface area contributed by atoms with Crippen molar-refractivity contribution in [1.29, 1.82) is 5.41 Å². The first kappa shape index (κ1) is 27.4. The highest BCUT2D eigenvalue weighted by Gasteiger charge is 2.40. The zero-order valence-corrected chi connectivity index (χ0v) is 20.7. The average Bonchev–Trinajstić information content (AvgIpc) is 3.51. The molecule has 0 aromatic carbocycles. The molecule has 3 rings (SSSR count). The second-order valence-corrected chi connectivity index (χ2v) is 8.85. The number of aliphatic hydroxyl groups is 1. The molecule has 0 aromatic heterocycles. The molecule has 1 saturated carbocycles. The van der Waals surface area contributed by atoms with E-state index in [2.05, 4.69) is 33.7 Å². The number of likely N-dealkylation sites (N-methyl/N-ethyl adjacent to an activating group) is 1. The summed E-state index contributed by atoms with van der Waals surface area (Å²) in [5.41, 5.74) is 6.28. The summed E-state index contributed by atoms with van der Waals surface area (Å²) in [5, 5.41) is 18.6. The number of hydrogen-bond donors (Lipinski definition) is 4. The zero-order chi connectivity index (χ0) is 23.6. The second kappa shape index (κ2) is 13.1. The van der Waals surface area contributed by atoms with Crippen LogP contribution in [0.4, 0.5) is 0 Å². The fourth-order valence-electron chi connectivity index (χ4n) is 2.79. The minimum absolute atomic E-state index is 0.213. The Bertz CT molecular complexity index is 640. The van der Waals surface area contributed by atoms with Crippen LogP contribution in [0, 0.1) is 5.41 Å². The molecule has 0 bridgehead atoms. The van der Waals surface area contributed by atoms with Crippen molar-refractivity contribution in [2.45, 2.75) is 45.5 Å². The molecular formula is C21H41N7O2S. The van der Waals surface area contributed by atoms with Gasteiger partial charge in [0, 0.05) is 51.7 Å². The maximum Gasteiger partial charge on any atom is 0.209 e. The Hall–Kier alpha value is -1.59. The first-order chi connectivity index (χ1) is 14.6. The summed E-state index contributed by atoms with van der Waals surface area (Å²) in [6.45, 7) is 10.3. The summed E-state index contributed by atoms with van der Waals surface area (Å²) in [6, 6.07) is 0. The number of carbonyl (C=O) groups is 1. The monoisotopic (exact) mass is 455 g/mol. The highest BCUT2D eigenvalue weighted by Crippen LogP contribution is 2.36. The van der Waals surface area contributed by atoms with Gasteiger partial charge in [-0.05, 0) is 44.8 Å². The number of allylic oxidation sites excluding steroid dienone is 1. The number of nitrogens with one attached hydrogen (secondary N) is 2. The van der Waals surface area contributed by atoms with E-state index in [9.17, 15) is 9.90 Å². The molecule has 2 aliphatic heterocycles. The molecule has 0 radical (unpaired) electrons. The van der Waals surface area contributed by atoms with Crippen molar-refractivity contribution in [3.8, 4) is 0 Å². The third-order valence-electron chi connectivity index (χ3n) is 4.93. The molecule has 1 amide bonds. The standard InChI is InChI=1S/C16H28N6OS.C3H7NO.C2H6/c1-12(17)22-6-3-13(24-19-16(23)4-5-16)11-14(15(22)18)21-9-7-20(2)8-10-21;1-4(2)3-5;1-2/h3,11-12,18-19,23H,4-10,17H2,1-2H3;3H,1-2H3;1-2H3. The summed E-state index contributed by atoms with van der Waals surface area (Å²) in [7, 11) is 5.50. The molecular weight excluding hydrogens is 414 g/mol. The molecule has 31 heavy (non-hydrogen) atoms. The van der Waals surface area contributed by atoms with E-state index >= 15 is 0 Å². The van der Waals surface area contributed by atoms with Gasteiger partial charge < -0.3 is 30.4 Å². The van der Waals surface area contributed by atoms with Gasteiger partial charge in [-0.3, -0.25) is 10.2 Å². The van der Waals surface area contributed by atoms with Crippen LogP contribution < -0.4 is 10.5 Å². The Morgan fingerprint density at radius 1 is 1.29 bits per heavy atom. The second-order valence-electron chi connectivity index (χ2n) is 7.97. The first-order valence-electron chi connectivity index (χ1n) is 10.9. The number of piperazine rings is 1. The average molecular weight is 456 g/mol. The van der Waals surface area contributed by atoms with Gasteiger partial charge in [-0.1, -0.05) is 19.9 Å². The lowest BCUT2D eigenvalue weighted by Crippen LogP contribution is -2.50. The van der Waals surface area contributed by atoms with Crippen LogP contribution in [0.3, 0.4) is 0 Å². The zero-order valence-electron chi connectivity index (χ0n) is 19.9. The molecule has 1 aliphatic carbocycles. The van der Waals surface area contributed by atoms with Gasteiger partial charge in [0.1, 0.15) is 11.6 Å². The van der Waals surface area contributed by atoms with Crippen LogP contribution in [0.2, 0.25) is 0 Å². The fourth-order valence-corrected chi connectivity index (χ4v) is 3.63. The number of carbonyl (C=O) groups excluding carboxylic acids is 1. The van der Waals surface area contributed by atoms with E-state index in [4.69, 9.17) is 11.1 Å². The lowest BCUT2D eigenvalue weighted by Gasteiger charge is -2.38. The van der Waals surface area contributed by atoms with Gasteiger partial charge in [0.05, 0.1) is 11.9 Å². The minimum atomic E-state index is -0.714. The van der Waals surface area contributed by atoms with E-state index in [1.165, 1.54) is 16.8 Å². The quantitative estimate of drug-likeness (QED) is 0.267. The van der Waals surface area contributed by atoms with Gasteiger partial charge in [0.15, 0.2) is 0 Å². The maximum absolute atomic E-state index is 10.00. The summed E-state index contributed by atoms with van der Waals surface area (Å²) < 4.78 is 3.13. The topological polar surface area (TPSA) is 112 Å². The van der Waals surface area contributed by atoms with Crippen LogP contribution in [0.1, 0.15) is 33.6 Å². The summed E-state index contributed by atoms with van der Waals surface area (Å²) >= 11 is 1.45. The van der Waals surface area contributed by atoms with Crippen molar-refractivity contribution in [1.82, 2.24) is 24.3 Å². The third kappa shape index (κ3) is 9.20. The number of nitrogens with two attached hydrogens (primary N) is 1. The molecule has 2 fully saturated rings. The fraction of sp³-hybridized carbons (Fsp3) is 0.714. The van der Waals surface area contributed by atoms with Gasteiger partial charge >= 0.3 is 0 Å². The number of amidine groups is 1. The summed E-state index contributed by atoms with van der Waals surface area (Å²) in [5.74, 6) is 0.478. The highest BCUT2D eigenvalue weighted by atomic mass is 32.2. The van der Waals surface area contributed by atoms with Crippen LogP contribution in [-0.2, 0) is 4.79 Å². The largest absolute Gasteiger partial charge is 0.375 e. The predicted molar refractivity (Wildman–Crippen MR) is 129 cm³/mol. The number of nitrogens with zero attached hydrogens (tertiary/aromatic N) is 4. The SMILES string of the molecule is CC.CC(N)N1CC=C(SNC2(O)CC2)C=C(N2CCN(C)CC2)C1=N.CN(C)C=O. The van der Waals surface area contributed by atoms with Crippen LogP contribution >= 0.6 is 11.9 Å². The van der Waals surface area contributed by atoms with Gasteiger partial charge in [-0.25, -0.2) is 4.72 Å². The first-order valence-corrected chi connectivity index (χ1v) is 11.7. The maximum atomic E-state index is 10.00. The van der Waals surface area contributed by atoms with E-state index in [0.717, 1.165) is 56.0 Å². The van der Waals surface area contributed by atoms with E-state index in [0.29, 0.717) is 12.4 Å². The lowest BCUT2D eigenvalue weighted by atomic mass is 10.2. The number of rotatable bonds is 6. The predicted octanol–water partition coefficient (Wildman–Crippen LogP) is 1.05. The molecule has 0 spiro atoms. The molecule has 10 heteroatoms. The Kier molecular flexibility index (Phi) is 11.6. The van der Waals surface area contributed by atoms with Crippen LogP contribution in [0.15, 0.2) is 22.8 Å². The normalized spacial score (nSPS) is 21.4. The van der Waals surface area contributed by atoms with Crippen molar-refractivity contribution < 1.29 is 9.90 Å². The minimum Gasteiger partial charge on any atom is -0.375 e. The molecule has 3 aliphatic rings. The van der Waals surface area contributed by atoms with Crippen molar-refractivity contribution in [3.63, 3.8) is 0 Å². The lowest BCUT2D eigenvalue weighted by molar-refractivity contribution is -0.115. The van der Waals surface area contributed by atoms with Crippen molar-refractivity contribution >= 4 is 24.2 Å². The Balaban J connectivity index is 0.000000605. The Labute approximate surface area is 191 Å². The van der Waals surface area contributed by atoms with Gasteiger partial charge in [0.2, 0.25) is 6.41 Å². The summed E-state index contributed by atoms with van der Waals surface area (Å²) in [4.78, 5) is 18.4. The molecule has 2 heterocycles. The Morgan fingerprint density at radius 3 is 2.29 bits per heavy atom. The number of hydrogen-bond acceptors (Lipinski definition) is 8. The van der Waals surface area contributed by atoms with Crippen LogP contribution in [-0.4, -0.2) is 103 Å². The van der Waals surface area contributed by atoms with Gasteiger partial charge in [-0.2, -0.15) is 0 Å². The van der Waals surface area contributed by atoms with Crippen molar-refractivity contribution in [2.75, 3.05) is 53.9 Å². The van der Waals surface area contributed by atoms with Gasteiger partial charge in [-0.15, -0.1) is 0 Å². The summed E-state index contributed by atoms with van der Waals surface area (Å²) in [6.07, 6.45) is 6.26. The van der Waals surface area contributed by atoms with E-state index in [1.807, 2.05) is 25.7 Å². The van der Waals surface area contributed by atoms with Crippen molar-refractivity contribution in [3.05, 3.63) is 22.8 Å². The van der Waals surface area contributed by atoms with Crippen molar-refractivity contribution in [2.24, 2.45) is 5.73 Å². The molecule has 0 aromatic rings. The molecule has 9 nitrogen and oxygen atoms in total. The van der Waals surface area contributed by atoms with Crippen LogP contribution in [0.5, 0.6) is 0 Å². The molecule has 1 atom stereocenters. The van der Waals surface area contributed by atoms with E-state index in [1.54, 1.807) is 14.1 Å². The van der Waals surface area contributed by atoms with E-state index < -0.39 is 5.72 Å². The molecule has 178 valence electrons. The Morgan fingerprint density at radius 2 is 1.84 bits per heavy atom. The molecule has 5 N–H and O–H groups in total.